The van der Waals surface area contributed by atoms with Crippen LogP contribution in [-0.4, -0.2) is 69.1 Å². The highest BCUT2D eigenvalue weighted by Gasteiger charge is 2.51. The van der Waals surface area contributed by atoms with Crippen molar-refractivity contribution >= 4 is 44.8 Å². The zero-order valence-electron chi connectivity index (χ0n) is 39.3. The lowest BCUT2D eigenvalue weighted by Crippen LogP contribution is -2.58. The minimum Gasteiger partial charge on any atom is -0.386 e. The Labute approximate surface area is 392 Å². The number of ether oxygens (including phenoxy) is 5. The Morgan fingerprint density at radius 1 is 0.612 bits per heavy atom. The summed E-state index contributed by atoms with van der Waals surface area (Å²) in [6.07, 6.45) is -6.29. The number of nitrogens with one attached hydrogen (secondary N) is 1. The molecule has 8 aromatic rings. The summed E-state index contributed by atoms with van der Waals surface area (Å²) in [7, 11) is 0. The van der Waals surface area contributed by atoms with Gasteiger partial charge in [0, 0.05) is 45.2 Å². The number of aliphatic hydroxyl groups is 1. The molecule has 6 aromatic carbocycles. The number of hydrogen-bond donors (Lipinski definition) is 2. The zero-order chi connectivity index (χ0) is 47.9. The van der Waals surface area contributed by atoms with Crippen LogP contribution in [0.4, 0.5) is 0 Å². The molecule has 336 valence electrons. The van der Waals surface area contributed by atoms with Gasteiger partial charge in [-0.05, 0) is 34.4 Å². The molecule has 2 N–H and O–H groups in total. The maximum absolute atomic E-state index is 15.1. The molecule has 2 amide bonds. The molecule has 67 heavy (non-hydrogen) atoms. The zero-order valence-corrected chi connectivity index (χ0v) is 36.3. The van der Waals surface area contributed by atoms with Gasteiger partial charge < -0.3 is 38.3 Å². The van der Waals surface area contributed by atoms with E-state index in [2.05, 4.69) is 4.98 Å². The molecule has 0 spiro atoms. The van der Waals surface area contributed by atoms with Crippen LogP contribution in [0.15, 0.2) is 170 Å². The van der Waals surface area contributed by atoms with Crippen molar-refractivity contribution in [3.63, 3.8) is 0 Å². The van der Waals surface area contributed by atoms with Crippen molar-refractivity contribution in [2.45, 2.75) is 63.4 Å². The predicted molar refractivity (Wildman–Crippen MR) is 254 cm³/mol. The molecule has 1 aliphatic carbocycles. The van der Waals surface area contributed by atoms with E-state index in [1.807, 2.05) is 114 Å². The Morgan fingerprint density at radius 2 is 1.15 bits per heavy atom. The number of rotatable bonds is 15. The van der Waals surface area contributed by atoms with Crippen LogP contribution in [0.25, 0.3) is 33.0 Å². The molecule has 2 aromatic heterocycles. The number of H-pyrrole nitrogens is 1. The average molecular weight is 895 g/mol. The number of nitrogens with zero attached hydrogens (tertiary/aromatic N) is 2. The molecule has 1 saturated heterocycles. The summed E-state index contributed by atoms with van der Waals surface area (Å²) < 4.78 is 62.0. The Balaban J connectivity index is 1.05. The number of carbonyl (C=O) groups is 2. The number of carbonyl (C=O) groups excluding carboxylic acids is 2. The highest BCUT2D eigenvalue weighted by molar-refractivity contribution is 6.51. The molecule has 11 nitrogen and oxygen atoms in total. The number of benzene rings is 6. The lowest BCUT2D eigenvalue weighted by Gasteiger charge is -2.45. The van der Waals surface area contributed by atoms with E-state index < -0.39 is 62.2 Å². The van der Waals surface area contributed by atoms with E-state index in [4.69, 9.17) is 25.1 Å². The number of amides is 2. The third-order valence-corrected chi connectivity index (χ3v) is 12.6. The van der Waals surface area contributed by atoms with Crippen molar-refractivity contribution in [1.29, 1.82) is 0 Å². The molecule has 11 heteroatoms. The van der Waals surface area contributed by atoms with Gasteiger partial charge in [-0.2, -0.15) is 0 Å². The van der Waals surface area contributed by atoms with E-state index >= 15 is 4.79 Å². The molecule has 8 atom stereocenters. The van der Waals surface area contributed by atoms with E-state index in [1.54, 1.807) is 60.7 Å². The fourth-order valence-corrected chi connectivity index (χ4v) is 9.55. The van der Waals surface area contributed by atoms with Crippen LogP contribution < -0.4 is 0 Å². The molecule has 0 bridgehead atoms. The number of aliphatic hydroxyl groups excluding tert-OH is 1. The Morgan fingerprint density at radius 3 is 1.81 bits per heavy atom. The van der Waals surface area contributed by atoms with Gasteiger partial charge in [-0.1, -0.05) is 158 Å². The number of fused-ring (bicyclic) bond motifs is 8. The predicted octanol–water partition coefficient (Wildman–Crippen LogP) is 9.13. The van der Waals surface area contributed by atoms with Gasteiger partial charge in [0.05, 0.1) is 53.7 Å². The standard InChI is InChI=1S/C56H49N3O8/c60-51-53(66-33-39-23-11-4-12-24-39)52(65-32-38-21-9-3-10-22-38)46(34-63-30-36-17-5-1-6-18-36)67-56(51)59-44-28-16-14-26-41(44)48-45(59)29-43-47(40-25-13-15-27-42(40)57-43)49-50(48)55(62)58(54(49)61)35-64-31-37-19-7-2-8-20-37/h1-28,46,51-53,56-57,60H,29-35H2/t46-,51+,52-,53-,56?/m1/s1/i30D,32D,33D/t30?,32?,33?,46-,51+,52-,53-,56?. The molecule has 11 rings (SSSR count). The number of imide groups is 1. The fraction of sp³-hybridized carbons (Fsp3) is 0.214. The van der Waals surface area contributed by atoms with E-state index in [1.165, 1.54) is 0 Å². The van der Waals surface area contributed by atoms with Gasteiger partial charge >= 0.3 is 0 Å². The van der Waals surface area contributed by atoms with Crippen LogP contribution >= 0.6 is 0 Å². The normalized spacial score (nSPS) is 22.4. The van der Waals surface area contributed by atoms with Gasteiger partial charge in [0.1, 0.15) is 31.1 Å². The number of hydrogen-bond acceptors (Lipinski definition) is 8. The van der Waals surface area contributed by atoms with Crippen LogP contribution in [0.3, 0.4) is 0 Å². The number of para-hydroxylation sites is 2. The second-order valence-corrected chi connectivity index (χ2v) is 16.8. The van der Waals surface area contributed by atoms with Gasteiger partial charge in [0.25, 0.3) is 11.8 Å². The van der Waals surface area contributed by atoms with Gasteiger partial charge in [-0.25, -0.2) is 4.90 Å². The summed E-state index contributed by atoms with van der Waals surface area (Å²) in [4.78, 5) is 34.7. The molecule has 0 saturated carbocycles. The average Bonchev–Trinajstić information content (AvgIpc) is 3.96. The topological polar surface area (TPSA) is 124 Å². The van der Waals surface area contributed by atoms with Gasteiger partial charge in [-0.3, -0.25) is 9.59 Å². The first-order valence-electron chi connectivity index (χ1n) is 24.1. The third kappa shape index (κ3) is 8.20. The highest BCUT2D eigenvalue weighted by atomic mass is 16.6. The molecule has 4 unspecified atom stereocenters. The lowest BCUT2D eigenvalue weighted by molar-refractivity contribution is -0.278. The summed E-state index contributed by atoms with van der Waals surface area (Å²) in [5.41, 5.74) is 6.76. The quantitative estimate of drug-likeness (QED) is 0.0978. The van der Waals surface area contributed by atoms with Crippen molar-refractivity contribution in [2.75, 3.05) is 13.3 Å². The van der Waals surface area contributed by atoms with Gasteiger partial charge in [0.2, 0.25) is 0 Å². The van der Waals surface area contributed by atoms with Crippen molar-refractivity contribution in [3.8, 4) is 0 Å². The summed E-state index contributed by atoms with van der Waals surface area (Å²) in [5.74, 6) is -1.01. The molecule has 4 heterocycles. The molecule has 1 fully saturated rings. The van der Waals surface area contributed by atoms with Crippen molar-refractivity contribution in [1.82, 2.24) is 14.5 Å². The summed E-state index contributed by atoms with van der Waals surface area (Å²) in [6.45, 7) is -4.05. The Kier molecular flexibility index (Phi) is 11.0. The highest BCUT2D eigenvalue weighted by Crippen LogP contribution is 2.49. The first kappa shape index (κ1) is 39.2. The van der Waals surface area contributed by atoms with E-state index in [-0.39, 0.29) is 37.5 Å². The van der Waals surface area contributed by atoms with E-state index in [0.717, 1.165) is 21.4 Å². The minimum atomic E-state index is -1.57. The van der Waals surface area contributed by atoms with Crippen LogP contribution in [0.2, 0.25) is 0 Å². The maximum atomic E-state index is 15.1. The fourth-order valence-electron chi connectivity index (χ4n) is 9.55. The van der Waals surface area contributed by atoms with Gasteiger partial charge in [0.15, 0.2) is 6.23 Å². The van der Waals surface area contributed by atoms with Crippen molar-refractivity contribution in [3.05, 3.63) is 215 Å². The van der Waals surface area contributed by atoms with Crippen molar-refractivity contribution in [2.24, 2.45) is 0 Å². The molecular weight excluding hydrogens is 843 g/mol. The van der Waals surface area contributed by atoms with Crippen molar-refractivity contribution < 1.29 is 42.5 Å². The van der Waals surface area contributed by atoms with Crippen LogP contribution in [0.5, 0.6) is 0 Å². The largest absolute Gasteiger partial charge is 0.386 e. The second kappa shape index (κ2) is 18.7. The Hall–Kier alpha value is -6.96. The maximum Gasteiger partial charge on any atom is 0.264 e. The molecule has 2 aliphatic heterocycles. The SMILES string of the molecule is [2H]C(OC[C@H]1OC(n2c3c(c4ccccc42)C2=C(C(=O)N(COCc4ccccc4)C2=O)c2c([nH]c4ccccc24)C3)[C@@H](O)[C@@H](OC([2H])c2ccccc2)[C@@H]1OC([2H])c1ccccc1)c1ccccc1. The minimum absolute atomic E-state index is 0.183. The van der Waals surface area contributed by atoms with Crippen LogP contribution in [0, 0.1) is 0 Å². The Bertz CT molecular complexity index is 3200. The molecule has 3 aliphatic rings. The lowest BCUT2D eigenvalue weighted by atomic mass is 9.95. The number of aromatic amines is 1. The smallest absolute Gasteiger partial charge is 0.264 e. The summed E-state index contributed by atoms with van der Waals surface area (Å²) in [5, 5.41) is 14.5. The van der Waals surface area contributed by atoms with E-state index in [9.17, 15) is 12.6 Å². The van der Waals surface area contributed by atoms with Crippen LogP contribution in [-0.2, 0) is 66.0 Å². The first-order valence-corrected chi connectivity index (χ1v) is 22.4. The summed E-state index contributed by atoms with van der Waals surface area (Å²) in [6, 6.07) is 51.7. The van der Waals surface area contributed by atoms with E-state index in [0.29, 0.717) is 50.1 Å². The second-order valence-electron chi connectivity index (χ2n) is 16.8. The summed E-state index contributed by atoms with van der Waals surface area (Å²) >= 11 is 0. The van der Waals surface area contributed by atoms with Gasteiger partial charge in [-0.15, -0.1) is 0 Å². The van der Waals surface area contributed by atoms with Crippen LogP contribution in [0.1, 0.15) is 55.1 Å². The molecular formula is C56H49N3O8. The number of aromatic nitrogens is 2. The first-order chi connectivity index (χ1) is 34.2. The third-order valence-electron chi connectivity index (χ3n) is 12.6. The monoisotopic (exact) mass is 894 g/mol. The molecule has 0 radical (unpaired) electrons.